The third-order valence-corrected chi connectivity index (χ3v) is 3.97. The standard InChI is InChI=1S/C14H20N2S/c1-10-5-3-6-11(2)12(10)9-16-8-4-7-13(16)14(15)17/h3,5-6,13H,4,7-9H2,1-2H3,(H2,15,17). The number of aryl methyl sites for hydroxylation is 2. The molecule has 1 unspecified atom stereocenters. The quantitative estimate of drug-likeness (QED) is 0.834. The fourth-order valence-corrected chi connectivity index (χ4v) is 2.91. The first-order chi connectivity index (χ1) is 8.09. The lowest BCUT2D eigenvalue weighted by Gasteiger charge is -2.25. The fourth-order valence-electron chi connectivity index (χ4n) is 2.64. The van der Waals surface area contributed by atoms with Crippen LogP contribution in [0.25, 0.3) is 0 Å². The predicted molar refractivity (Wildman–Crippen MR) is 76.1 cm³/mol. The maximum Gasteiger partial charge on any atom is 0.0902 e. The van der Waals surface area contributed by atoms with Crippen LogP contribution in [0.2, 0.25) is 0 Å². The molecule has 1 saturated heterocycles. The number of benzene rings is 1. The van der Waals surface area contributed by atoms with Crippen molar-refractivity contribution in [1.82, 2.24) is 4.90 Å². The Bertz CT molecular complexity index is 408. The largest absolute Gasteiger partial charge is 0.392 e. The molecular formula is C14H20N2S. The first kappa shape index (κ1) is 12.5. The van der Waals surface area contributed by atoms with Crippen molar-refractivity contribution in [3.8, 4) is 0 Å². The predicted octanol–water partition coefficient (Wildman–Crippen LogP) is 2.55. The molecule has 1 heterocycles. The van der Waals surface area contributed by atoms with Gasteiger partial charge in [-0.1, -0.05) is 30.4 Å². The average molecular weight is 248 g/mol. The molecule has 17 heavy (non-hydrogen) atoms. The molecule has 0 spiro atoms. The second kappa shape index (κ2) is 5.15. The highest BCUT2D eigenvalue weighted by Crippen LogP contribution is 2.23. The molecule has 0 radical (unpaired) electrons. The summed E-state index contributed by atoms with van der Waals surface area (Å²) in [7, 11) is 0. The first-order valence-electron chi connectivity index (χ1n) is 6.18. The van der Waals surface area contributed by atoms with Crippen LogP contribution in [0.5, 0.6) is 0 Å². The van der Waals surface area contributed by atoms with Gasteiger partial charge in [-0.15, -0.1) is 0 Å². The molecule has 1 aromatic rings. The van der Waals surface area contributed by atoms with Crippen LogP contribution < -0.4 is 5.73 Å². The summed E-state index contributed by atoms with van der Waals surface area (Å²) in [5, 5.41) is 0. The van der Waals surface area contributed by atoms with Gasteiger partial charge in [-0.3, -0.25) is 4.90 Å². The van der Waals surface area contributed by atoms with Crippen molar-refractivity contribution >= 4 is 17.2 Å². The molecule has 0 saturated carbocycles. The number of nitrogens with two attached hydrogens (primary N) is 1. The van der Waals surface area contributed by atoms with Crippen molar-refractivity contribution in [2.75, 3.05) is 6.54 Å². The van der Waals surface area contributed by atoms with Crippen LogP contribution in [0.1, 0.15) is 29.5 Å². The Labute approximate surface area is 109 Å². The molecule has 1 aromatic carbocycles. The highest BCUT2D eigenvalue weighted by molar-refractivity contribution is 7.80. The molecule has 2 N–H and O–H groups in total. The highest BCUT2D eigenvalue weighted by Gasteiger charge is 2.27. The fraction of sp³-hybridized carbons (Fsp3) is 0.500. The highest BCUT2D eigenvalue weighted by atomic mass is 32.1. The van der Waals surface area contributed by atoms with Gasteiger partial charge in [0.15, 0.2) is 0 Å². The first-order valence-corrected chi connectivity index (χ1v) is 6.59. The number of thiocarbonyl (C=S) groups is 1. The maximum absolute atomic E-state index is 5.81. The van der Waals surface area contributed by atoms with Gasteiger partial charge in [-0.25, -0.2) is 0 Å². The topological polar surface area (TPSA) is 29.3 Å². The molecule has 1 aliphatic rings. The number of nitrogens with zero attached hydrogens (tertiary/aromatic N) is 1. The van der Waals surface area contributed by atoms with E-state index in [1.165, 1.54) is 23.1 Å². The smallest absolute Gasteiger partial charge is 0.0902 e. The molecule has 0 aliphatic carbocycles. The van der Waals surface area contributed by atoms with E-state index < -0.39 is 0 Å². The van der Waals surface area contributed by atoms with Crippen LogP contribution in [-0.2, 0) is 6.54 Å². The molecule has 92 valence electrons. The summed E-state index contributed by atoms with van der Waals surface area (Å²) in [6, 6.07) is 6.76. The van der Waals surface area contributed by atoms with E-state index in [1.54, 1.807) is 0 Å². The summed E-state index contributed by atoms with van der Waals surface area (Å²) in [6.45, 7) is 6.43. The minimum absolute atomic E-state index is 0.295. The zero-order chi connectivity index (χ0) is 12.4. The normalized spacial score (nSPS) is 20.7. The van der Waals surface area contributed by atoms with Crippen LogP contribution in [0.4, 0.5) is 0 Å². The van der Waals surface area contributed by atoms with Gasteiger partial charge in [-0.2, -0.15) is 0 Å². The SMILES string of the molecule is Cc1cccc(C)c1CN1CCCC1C(N)=S. The molecule has 2 rings (SSSR count). The monoisotopic (exact) mass is 248 g/mol. The third-order valence-electron chi connectivity index (χ3n) is 3.70. The Morgan fingerprint density at radius 3 is 2.65 bits per heavy atom. The van der Waals surface area contributed by atoms with E-state index >= 15 is 0 Å². The second-order valence-corrected chi connectivity index (χ2v) is 5.37. The van der Waals surface area contributed by atoms with E-state index in [1.807, 2.05) is 0 Å². The van der Waals surface area contributed by atoms with Crippen molar-refractivity contribution in [2.45, 2.75) is 39.3 Å². The number of hydrogen-bond acceptors (Lipinski definition) is 2. The minimum Gasteiger partial charge on any atom is -0.392 e. The molecule has 0 bridgehead atoms. The summed E-state index contributed by atoms with van der Waals surface area (Å²) in [4.78, 5) is 3.06. The Kier molecular flexibility index (Phi) is 3.79. The number of hydrogen-bond donors (Lipinski definition) is 1. The molecule has 1 fully saturated rings. The van der Waals surface area contributed by atoms with Gasteiger partial charge in [0.1, 0.15) is 0 Å². The molecular weight excluding hydrogens is 228 g/mol. The van der Waals surface area contributed by atoms with Crippen molar-refractivity contribution in [3.63, 3.8) is 0 Å². The van der Waals surface area contributed by atoms with Gasteiger partial charge in [0.2, 0.25) is 0 Å². The minimum atomic E-state index is 0.295. The van der Waals surface area contributed by atoms with E-state index in [4.69, 9.17) is 18.0 Å². The number of rotatable bonds is 3. The molecule has 1 atom stereocenters. The van der Waals surface area contributed by atoms with Crippen molar-refractivity contribution in [1.29, 1.82) is 0 Å². The van der Waals surface area contributed by atoms with Gasteiger partial charge in [0.05, 0.1) is 11.0 Å². The Hall–Kier alpha value is -0.930. The van der Waals surface area contributed by atoms with Gasteiger partial charge >= 0.3 is 0 Å². The lowest BCUT2D eigenvalue weighted by molar-refractivity contribution is 0.294. The van der Waals surface area contributed by atoms with Crippen molar-refractivity contribution in [3.05, 3.63) is 34.9 Å². The second-order valence-electron chi connectivity index (χ2n) is 4.90. The third kappa shape index (κ3) is 2.67. The Morgan fingerprint density at radius 2 is 2.06 bits per heavy atom. The van der Waals surface area contributed by atoms with Crippen LogP contribution in [-0.4, -0.2) is 22.5 Å². The van der Waals surface area contributed by atoms with Gasteiger partial charge in [0, 0.05) is 6.54 Å². The summed E-state index contributed by atoms with van der Waals surface area (Å²) >= 11 is 5.15. The lowest BCUT2D eigenvalue weighted by atomic mass is 10.0. The zero-order valence-electron chi connectivity index (χ0n) is 10.6. The van der Waals surface area contributed by atoms with Gasteiger partial charge < -0.3 is 5.73 Å². The number of likely N-dealkylation sites (tertiary alicyclic amines) is 1. The van der Waals surface area contributed by atoms with E-state index in [2.05, 4.69) is 36.9 Å². The molecule has 2 nitrogen and oxygen atoms in total. The zero-order valence-corrected chi connectivity index (χ0v) is 11.4. The van der Waals surface area contributed by atoms with E-state index in [-0.39, 0.29) is 0 Å². The summed E-state index contributed by atoms with van der Waals surface area (Å²) < 4.78 is 0. The van der Waals surface area contributed by atoms with E-state index in [9.17, 15) is 0 Å². The van der Waals surface area contributed by atoms with Crippen LogP contribution in [0, 0.1) is 13.8 Å². The van der Waals surface area contributed by atoms with Crippen LogP contribution in [0.15, 0.2) is 18.2 Å². The Balaban J connectivity index is 2.18. The summed E-state index contributed by atoms with van der Waals surface area (Å²) in [5.74, 6) is 0. The van der Waals surface area contributed by atoms with Crippen LogP contribution >= 0.6 is 12.2 Å². The van der Waals surface area contributed by atoms with Gasteiger partial charge in [-0.05, 0) is 49.9 Å². The average Bonchev–Trinajstić information content (AvgIpc) is 2.72. The summed E-state index contributed by atoms with van der Waals surface area (Å²) in [6.07, 6.45) is 2.31. The Morgan fingerprint density at radius 1 is 1.41 bits per heavy atom. The van der Waals surface area contributed by atoms with Crippen molar-refractivity contribution < 1.29 is 0 Å². The van der Waals surface area contributed by atoms with Gasteiger partial charge in [0.25, 0.3) is 0 Å². The summed E-state index contributed by atoms with van der Waals surface area (Å²) in [5.41, 5.74) is 9.95. The van der Waals surface area contributed by atoms with Crippen LogP contribution in [0.3, 0.4) is 0 Å². The lowest BCUT2D eigenvalue weighted by Crippen LogP contribution is -2.38. The van der Waals surface area contributed by atoms with E-state index in [0.717, 1.165) is 19.5 Å². The maximum atomic E-state index is 5.81. The molecule has 3 heteroatoms. The molecule has 1 aliphatic heterocycles. The molecule has 0 aromatic heterocycles. The molecule has 0 amide bonds. The van der Waals surface area contributed by atoms with Crippen molar-refractivity contribution in [2.24, 2.45) is 5.73 Å². The van der Waals surface area contributed by atoms with E-state index in [0.29, 0.717) is 11.0 Å².